The van der Waals surface area contributed by atoms with Crippen LogP contribution in [0, 0.1) is 0 Å². The SMILES string of the molecule is CCNS(=O)(=O)c1ccccc1NCC1=NCCN1.O=C(O)/C=C/C(=O)O. The Hall–Kier alpha value is -2.92. The van der Waals surface area contributed by atoms with E-state index in [-0.39, 0.29) is 4.90 Å². The Morgan fingerprint density at radius 3 is 2.37 bits per heavy atom. The number of rotatable bonds is 8. The van der Waals surface area contributed by atoms with E-state index in [1.54, 1.807) is 31.2 Å². The van der Waals surface area contributed by atoms with Gasteiger partial charge >= 0.3 is 11.9 Å². The maximum absolute atomic E-state index is 12.1. The molecule has 0 saturated carbocycles. The highest BCUT2D eigenvalue weighted by Gasteiger charge is 2.17. The van der Waals surface area contributed by atoms with E-state index in [9.17, 15) is 18.0 Å². The zero-order chi connectivity index (χ0) is 20.3. The van der Waals surface area contributed by atoms with E-state index in [0.717, 1.165) is 18.9 Å². The number of carboxylic acid groups (broad SMARTS) is 2. The fraction of sp³-hybridized carbons (Fsp3) is 0.312. The molecule has 10 nitrogen and oxygen atoms in total. The minimum atomic E-state index is -3.46. The Kier molecular flexibility index (Phi) is 8.96. The Bertz CT molecular complexity index is 804. The Morgan fingerprint density at radius 2 is 1.85 bits per heavy atom. The van der Waals surface area contributed by atoms with Crippen molar-refractivity contribution in [1.82, 2.24) is 10.0 Å². The third-order valence-corrected chi connectivity index (χ3v) is 4.67. The lowest BCUT2D eigenvalue weighted by Gasteiger charge is -2.12. The molecular weight excluding hydrogens is 376 g/mol. The molecule has 1 aliphatic rings. The largest absolute Gasteiger partial charge is 0.478 e. The van der Waals surface area contributed by atoms with Gasteiger partial charge in [0.1, 0.15) is 10.7 Å². The predicted molar refractivity (Wildman–Crippen MR) is 101 cm³/mol. The van der Waals surface area contributed by atoms with Gasteiger partial charge in [0, 0.05) is 25.2 Å². The van der Waals surface area contributed by atoms with Gasteiger partial charge in [-0.2, -0.15) is 0 Å². The van der Waals surface area contributed by atoms with Crippen LogP contribution in [0.2, 0.25) is 0 Å². The molecule has 1 aromatic rings. The number of carbonyl (C=O) groups is 2. The van der Waals surface area contributed by atoms with Gasteiger partial charge in [-0.3, -0.25) is 4.99 Å². The van der Waals surface area contributed by atoms with E-state index < -0.39 is 22.0 Å². The lowest BCUT2D eigenvalue weighted by molar-refractivity contribution is -0.134. The smallest absolute Gasteiger partial charge is 0.328 e. The first-order valence-corrected chi connectivity index (χ1v) is 9.48. The van der Waals surface area contributed by atoms with Crippen molar-refractivity contribution in [2.75, 3.05) is 31.5 Å². The molecule has 0 atom stereocenters. The van der Waals surface area contributed by atoms with Gasteiger partial charge in [-0.25, -0.2) is 22.7 Å². The molecule has 0 aliphatic carbocycles. The Balaban J connectivity index is 0.000000387. The molecule has 27 heavy (non-hydrogen) atoms. The molecule has 0 saturated heterocycles. The summed E-state index contributed by atoms with van der Waals surface area (Å²) in [6, 6.07) is 6.85. The van der Waals surface area contributed by atoms with Crippen LogP contribution in [0.25, 0.3) is 0 Å². The molecule has 1 aliphatic heterocycles. The molecule has 2 rings (SSSR count). The van der Waals surface area contributed by atoms with Crippen LogP contribution in [0.15, 0.2) is 46.3 Å². The maximum atomic E-state index is 12.1. The number of para-hydroxylation sites is 1. The van der Waals surface area contributed by atoms with Gasteiger partial charge < -0.3 is 20.8 Å². The quantitative estimate of drug-likeness (QED) is 0.386. The van der Waals surface area contributed by atoms with E-state index in [2.05, 4.69) is 20.3 Å². The lowest BCUT2D eigenvalue weighted by atomic mass is 10.3. The fourth-order valence-electron chi connectivity index (χ4n) is 2.00. The van der Waals surface area contributed by atoms with Crippen LogP contribution in [0.4, 0.5) is 5.69 Å². The predicted octanol–water partition coefficient (Wildman–Crippen LogP) is 0.110. The van der Waals surface area contributed by atoms with Crippen LogP contribution in [0.3, 0.4) is 0 Å². The number of anilines is 1. The molecule has 1 heterocycles. The topological polar surface area (TPSA) is 157 Å². The van der Waals surface area contributed by atoms with Crippen LogP contribution in [-0.4, -0.2) is 62.6 Å². The Labute approximate surface area is 157 Å². The molecule has 11 heteroatoms. The second-order valence-corrected chi connectivity index (χ2v) is 6.85. The van der Waals surface area contributed by atoms with Crippen molar-refractivity contribution in [3.63, 3.8) is 0 Å². The number of carboxylic acids is 2. The molecule has 148 valence electrons. The van der Waals surface area contributed by atoms with E-state index in [0.29, 0.717) is 30.9 Å². The van der Waals surface area contributed by atoms with Crippen LogP contribution in [-0.2, 0) is 19.6 Å². The zero-order valence-electron chi connectivity index (χ0n) is 14.7. The first-order chi connectivity index (χ1) is 12.8. The van der Waals surface area contributed by atoms with Crippen molar-refractivity contribution in [3.8, 4) is 0 Å². The highest BCUT2D eigenvalue weighted by molar-refractivity contribution is 7.89. The summed E-state index contributed by atoms with van der Waals surface area (Å²) in [5.41, 5.74) is 0.583. The standard InChI is InChI=1S/C12H18N4O2S.C4H4O4/c1-2-16-19(17,18)11-6-4-3-5-10(11)15-9-12-13-7-8-14-12;5-3(6)1-2-4(7)8/h3-6,15-16H,2,7-9H2,1H3,(H,13,14);1-2H,(H,5,6)(H,7,8)/b;2-1+. The van der Waals surface area contributed by atoms with Gasteiger partial charge in [-0.05, 0) is 12.1 Å². The van der Waals surface area contributed by atoms with E-state index in [1.165, 1.54) is 0 Å². The molecule has 0 fully saturated rings. The van der Waals surface area contributed by atoms with Crippen LogP contribution in [0.1, 0.15) is 6.92 Å². The molecule has 0 aromatic heterocycles. The molecule has 0 amide bonds. The van der Waals surface area contributed by atoms with Gasteiger partial charge in [-0.15, -0.1) is 0 Å². The first kappa shape index (κ1) is 22.1. The van der Waals surface area contributed by atoms with Crippen molar-refractivity contribution < 1.29 is 28.2 Å². The molecule has 0 unspecified atom stereocenters. The number of nitrogens with zero attached hydrogens (tertiary/aromatic N) is 1. The second-order valence-electron chi connectivity index (χ2n) is 5.12. The van der Waals surface area contributed by atoms with Crippen LogP contribution >= 0.6 is 0 Å². The summed E-state index contributed by atoms with van der Waals surface area (Å²) in [5.74, 6) is -1.66. The lowest BCUT2D eigenvalue weighted by Crippen LogP contribution is -2.28. The number of sulfonamides is 1. The van der Waals surface area contributed by atoms with E-state index in [4.69, 9.17) is 10.2 Å². The zero-order valence-corrected chi connectivity index (χ0v) is 15.5. The maximum Gasteiger partial charge on any atom is 0.328 e. The van der Waals surface area contributed by atoms with E-state index >= 15 is 0 Å². The summed E-state index contributed by atoms with van der Waals surface area (Å²) in [7, 11) is -3.46. The number of aliphatic carboxylic acids is 2. The van der Waals surface area contributed by atoms with E-state index in [1.807, 2.05) is 0 Å². The fourth-order valence-corrected chi connectivity index (χ4v) is 3.22. The van der Waals surface area contributed by atoms with Gasteiger partial charge in [0.05, 0.1) is 18.8 Å². The van der Waals surface area contributed by atoms with Gasteiger partial charge in [-0.1, -0.05) is 19.1 Å². The highest BCUT2D eigenvalue weighted by Crippen LogP contribution is 2.20. The average Bonchev–Trinajstić information content (AvgIpc) is 3.12. The van der Waals surface area contributed by atoms with Crippen molar-refractivity contribution in [1.29, 1.82) is 0 Å². The second kappa shape index (κ2) is 10.9. The summed E-state index contributed by atoms with van der Waals surface area (Å²) in [4.78, 5) is 23.6. The monoisotopic (exact) mass is 398 g/mol. The van der Waals surface area contributed by atoms with Gasteiger partial charge in [0.25, 0.3) is 0 Å². The van der Waals surface area contributed by atoms with Gasteiger partial charge in [0.2, 0.25) is 10.0 Å². The summed E-state index contributed by atoms with van der Waals surface area (Å²) < 4.78 is 26.6. The Morgan fingerprint density at radius 1 is 1.22 bits per heavy atom. The number of benzene rings is 1. The molecule has 0 radical (unpaired) electrons. The summed E-state index contributed by atoms with van der Waals surface area (Å²) in [6.07, 6.45) is 1.12. The van der Waals surface area contributed by atoms with Crippen molar-refractivity contribution >= 4 is 33.5 Å². The molecular formula is C16H22N4O6S. The molecule has 0 bridgehead atoms. The molecule has 5 N–H and O–H groups in total. The van der Waals surface area contributed by atoms with Crippen molar-refractivity contribution in [2.24, 2.45) is 4.99 Å². The number of hydrogen-bond acceptors (Lipinski definition) is 7. The van der Waals surface area contributed by atoms with Crippen LogP contribution < -0.4 is 15.4 Å². The number of amidine groups is 1. The minimum absolute atomic E-state index is 0.260. The summed E-state index contributed by atoms with van der Waals surface area (Å²) in [6.45, 7) is 4.23. The number of hydrogen-bond donors (Lipinski definition) is 5. The first-order valence-electron chi connectivity index (χ1n) is 8.00. The average molecular weight is 398 g/mol. The number of aliphatic imine (C=N–C) groups is 1. The summed E-state index contributed by atoms with van der Waals surface area (Å²) in [5, 5.41) is 21.9. The van der Waals surface area contributed by atoms with Crippen LogP contribution in [0.5, 0.6) is 0 Å². The third-order valence-electron chi connectivity index (χ3n) is 3.07. The van der Waals surface area contributed by atoms with Crippen molar-refractivity contribution in [3.05, 3.63) is 36.4 Å². The molecule has 0 spiro atoms. The summed E-state index contributed by atoms with van der Waals surface area (Å²) >= 11 is 0. The molecule has 1 aromatic carbocycles. The third kappa shape index (κ3) is 8.33. The van der Waals surface area contributed by atoms with Crippen molar-refractivity contribution in [2.45, 2.75) is 11.8 Å². The minimum Gasteiger partial charge on any atom is -0.478 e. The highest BCUT2D eigenvalue weighted by atomic mass is 32.2. The normalized spacial score (nSPS) is 13.3. The number of nitrogens with one attached hydrogen (secondary N) is 3. The van der Waals surface area contributed by atoms with Gasteiger partial charge in [0.15, 0.2) is 0 Å².